The number of ketones is 1. The Bertz CT molecular complexity index is 381. The third kappa shape index (κ3) is 3.86. The highest BCUT2D eigenvalue weighted by Gasteiger charge is 2.17. The van der Waals surface area contributed by atoms with Crippen molar-refractivity contribution in [3.63, 3.8) is 0 Å². The van der Waals surface area contributed by atoms with E-state index in [-0.39, 0.29) is 0 Å². The van der Waals surface area contributed by atoms with Gasteiger partial charge in [0.1, 0.15) is 11.5 Å². The zero-order chi connectivity index (χ0) is 12.8. The lowest BCUT2D eigenvalue weighted by Crippen LogP contribution is -2.06. The minimum atomic E-state index is 0.465. The first-order chi connectivity index (χ1) is 8.78. The zero-order valence-corrected chi connectivity index (χ0v) is 11.2. The van der Waals surface area contributed by atoms with Gasteiger partial charge < -0.3 is 4.74 Å². The van der Waals surface area contributed by atoms with Gasteiger partial charge in [-0.05, 0) is 49.3 Å². The maximum atomic E-state index is 11.6. The van der Waals surface area contributed by atoms with Crippen LogP contribution in [0, 0.1) is 5.92 Å². The molecule has 0 saturated heterocycles. The normalized spacial score (nSPS) is 20.5. The third-order valence-corrected chi connectivity index (χ3v) is 3.83. The third-order valence-electron chi connectivity index (χ3n) is 3.83. The van der Waals surface area contributed by atoms with Crippen LogP contribution in [0.5, 0.6) is 5.75 Å². The maximum absolute atomic E-state index is 11.6. The standard InChI is InChI=1S/C16H22O2/c1-18-16-10-8-13(9-11-16)6-7-14-4-2-3-5-15(17)12-14/h8-11,14H,2-7,12H2,1H3. The molecule has 1 unspecified atom stereocenters. The molecule has 1 atom stereocenters. The van der Waals surface area contributed by atoms with Crippen LogP contribution in [-0.2, 0) is 11.2 Å². The van der Waals surface area contributed by atoms with E-state index >= 15 is 0 Å². The first kappa shape index (κ1) is 13.1. The van der Waals surface area contributed by atoms with Gasteiger partial charge in [-0.3, -0.25) is 4.79 Å². The van der Waals surface area contributed by atoms with Crippen molar-refractivity contribution in [2.75, 3.05) is 7.11 Å². The Kier molecular flexibility index (Phi) is 4.80. The largest absolute Gasteiger partial charge is 0.497 e. The van der Waals surface area contributed by atoms with Crippen LogP contribution in [0.3, 0.4) is 0 Å². The van der Waals surface area contributed by atoms with Crippen molar-refractivity contribution in [1.82, 2.24) is 0 Å². The molecule has 1 aliphatic rings. The molecule has 1 aromatic carbocycles. The molecular formula is C16H22O2. The van der Waals surface area contributed by atoms with Gasteiger partial charge in [-0.2, -0.15) is 0 Å². The first-order valence-electron chi connectivity index (χ1n) is 6.92. The van der Waals surface area contributed by atoms with Crippen molar-refractivity contribution >= 4 is 5.78 Å². The molecule has 1 aliphatic carbocycles. The van der Waals surface area contributed by atoms with E-state index < -0.39 is 0 Å². The molecule has 2 nitrogen and oxygen atoms in total. The summed E-state index contributed by atoms with van der Waals surface area (Å²) in [6.07, 6.45) is 7.36. The van der Waals surface area contributed by atoms with E-state index in [0.29, 0.717) is 11.7 Å². The number of hydrogen-bond donors (Lipinski definition) is 0. The van der Waals surface area contributed by atoms with E-state index in [0.717, 1.165) is 37.9 Å². The average molecular weight is 246 g/mol. The van der Waals surface area contributed by atoms with E-state index in [1.807, 2.05) is 12.1 Å². The molecule has 98 valence electrons. The molecule has 1 aromatic rings. The molecule has 0 heterocycles. The average Bonchev–Trinajstić information content (AvgIpc) is 2.61. The van der Waals surface area contributed by atoms with Crippen molar-refractivity contribution in [3.05, 3.63) is 29.8 Å². The Morgan fingerprint density at radius 1 is 1.22 bits per heavy atom. The molecule has 1 fully saturated rings. The molecule has 1 saturated carbocycles. The van der Waals surface area contributed by atoms with Crippen LogP contribution < -0.4 is 4.74 Å². The van der Waals surface area contributed by atoms with Crippen molar-refractivity contribution in [2.45, 2.75) is 44.9 Å². The van der Waals surface area contributed by atoms with Gasteiger partial charge in [-0.15, -0.1) is 0 Å². The summed E-state index contributed by atoms with van der Waals surface area (Å²) in [5, 5.41) is 0. The van der Waals surface area contributed by atoms with Gasteiger partial charge in [-0.1, -0.05) is 18.6 Å². The van der Waals surface area contributed by atoms with Crippen LogP contribution in [0.2, 0.25) is 0 Å². The Balaban J connectivity index is 1.84. The van der Waals surface area contributed by atoms with Crippen molar-refractivity contribution < 1.29 is 9.53 Å². The number of benzene rings is 1. The van der Waals surface area contributed by atoms with E-state index in [9.17, 15) is 4.79 Å². The van der Waals surface area contributed by atoms with E-state index in [4.69, 9.17) is 4.74 Å². The number of Topliss-reactive ketones (excluding diaryl/α,β-unsaturated/α-hetero) is 1. The van der Waals surface area contributed by atoms with E-state index in [1.54, 1.807) is 7.11 Å². The molecule has 0 spiro atoms. The smallest absolute Gasteiger partial charge is 0.133 e. The summed E-state index contributed by atoms with van der Waals surface area (Å²) < 4.78 is 5.15. The summed E-state index contributed by atoms with van der Waals surface area (Å²) in [7, 11) is 1.69. The van der Waals surface area contributed by atoms with Crippen LogP contribution in [0.4, 0.5) is 0 Å². The highest BCUT2D eigenvalue weighted by atomic mass is 16.5. The zero-order valence-electron chi connectivity index (χ0n) is 11.2. The van der Waals surface area contributed by atoms with E-state index in [2.05, 4.69) is 12.1 Å². The lowest BCUT2D eigenvalue weighted by Gasteiger charge is -2.13. The second-order valence-corrected chi connectivity index (χ2v) is 5.24. The molecule has 0 radical (unpaired) electrons. The van der Waals surface area contributed by atoms with Crippen LogP contribution in [0.1, 0.15) is 44.1 Å². The Labute approximate surface area is 109 Å². The number of aryl methyl sites for hydroxylation is 1. The van der Waals surface area contributed by atoms with Crippen LogP contribution in [0.15, 0.2) is 24.3 Å². The second kappa shape index (κ2) is 6.58. The predicted molar refractivity (Wildman–Crippen MR) is 72.9 cm³/mol. The number of carbonyl (C=O) groups is 1. The van der Waals surface area contributed by atoms with Crippen LogP contribution >= 0.6 is 0 Å². The monoisotopic (exact) mass is 246 g/mol. The highest BCUT2D eigenvalue weighted by Crippen LogP contribution is 2.25. The fraction of sp³-hybridized carbons (Fsp3) is 0.562. The van der Waals surface area contributed by atoms with Gasteiger partial charge in [0.25, 0.3) is 0 Å². The van der Waals surface area contributed by atoms with E-state index in [1.165, 1.54) is 18.4 Å². The lowest BCUT2D eigenvalue weighted by atomic mass is 9.92. The summed E-state index contributed by atoms with van der Waals surface area (Å²) in [6, 6.07) is 8.26. The fourth-order valence-electron chi connectivity index (χ4n) is 2.69. The van der Waals surface area contributed by atoms with Crippen molar-refractivity contribution in [3.8, 4) is 5.75 Å². The Morgan fingerprint density at radius 3 is 2.72 bits per heavy atom. The van der Waals surface area contributed by atoms with Crippen LogP contribution in [-0.4, -0.2) is 12.9 Å². The van der Waals surface area contributed by atoms with Crippen molar-refractivity contribution in [2.24, 2.45) is 5.92 Å². The van der Waals surface area contributed by atoms with Gasteiger partial charge in [-0.25, -0.2) is 0 Å². The quantitative estimate of drug-likeness (QED) is 0.756. The SMILES string of the molecule is COc1ccc(CCC2CCCCC(=O)C2)cc1. The molecule has 0 aromatic heterocycles. The molecule has 0 N–H and O–H groups in total. The molecule has 0 aliphatic heterocycles. The van der Waals surface area contributed by atoms with Gasteiger partial charge in [0, 0.05) is 12.8 Å². The number of carbonyl (C=O) groups excluding carboxylic acids is 1. The number of hydrogen-bond acceptors (Lipinski definition) is 2. The van der Waals surface area contributed by atoms with Gasteiger partial charge in [0.2, 0.25) is 0 Å². The second-order valence-electron chi connectivity index (χ2n) is 5.24. The summed E-state index contributed by atoms with van der Waals surface area (Å²) in [5.41, 5.74) is 1.34. The van der Waals surface area contributed by atoms with Gasteiger partial charge >= 0.3 is 0 Å². The van der Waals surface area contributed by atoms with Crippen LogP contribution in [0.25, 0.3) is 0 Å². The Morgan fingerprint density at radius 2 is 2.00 bits per heavy atom. The number of rotatable bonds is 4. The lowest BCUT2D eigenvalue weighted by molar-refractivity contribution is -0.119. The summed E-state index contributed by atoms with van der Waals surface area (Å²) in [4.78, 5) is 11.6. The molecule has 0 amide bonds. The fourth-order valence-corrected chi connectivity index (χ4v) is 2.69. The molecular weight excluding hydrogens is 224 g/mol. The van der Waals surface area contributed by atoms with Gasteiger partial charge in [0.05, 0.1) is 7.11 Å². The summed E-state index contributed by atoms with van der Waals surface area (Å²) >= 11 is 0. The minimum Gasteiger partial charge on any atom is -0.497 e. The molecule has 2 heteroatoms. The van der Waals surface area contributed by atoms with Gasteiger partial charge in [0.15, 0.2) is 0 Å². The molecule has 18 heavy (non-hydrogen) atoms. The molecule has 2 rings (SSSR count). The number of methoxy groups -OCH3 is 1. The summed E-state index contributed by atoms with van der Waals surface area (Å²) in [6.45, 7) is 0. The Hall–Kier alpha value is -1.31. The topological polar surface area (TPSA) is 26.3 Å². The highest BCUT2D eigenvalue weighted by molar-refractivity contribution is 5.78. The molecule has 0 bridgehead atoms. The minimum absolute atomic E-state index is 0.465. The predicted octanol–water partition coefficient (Wildman–Crippen LogP) is 3.78. The summed E-state index contributed by atoms with van der Waals surface area (Å²) in [5.74, 6) is 1.97. The maximum Gasteiger partial charge on any atom is 0.133 e. The first-order valence-corrected chi connectivity index (χ1v) is 6.92. The van der Waals surface area contributed by atoms with Crippen molar-refractivity contribution in [1.29, 1.82) is 0 Å². The number of ether oxygens (including phenoxy) is 1.